The van der Waals surface area contributed by atoms with Crippen molar-refractivity contribution < 1.29 is 27.6 Å². The van der Waals surface area contributed by atoms with Gasteiger partial charge in [0, 0.05) is 30.8 Å². The highest BCUT2D eigenvalue weighted by atomic mass is 32.2. The molecule has 3 aromatic rings. The number of para-hydroxylation sites is 2. The first-order valence-electron chi connectivity index (χ1n) is 10.8. The highest BCUT2D eigenvalue weighted by molar-refractivity contribution is 7.92. The Bertz CT molecular complexity index is 1380. The Morgan fingerprint density at radius 1 is 1.06 bits per heavy atom. The van der Waals surface area contributed by atoms with E-state index < -0.39 is 14.9 Å². The molecule has 0 radical (unpaired) electrons. The molecule has 1 amide bonds. The summed E-state index contributed by atoms with van der Waals surface area (Å²) in [4.78, 5) is 25.1. The van der Waals surface area contributed by atoms with E-state index in [9.17, 15) is 23.3 Å². The van der Waals surface area contributed by atoms with Crippen LogP contribution in [0.3, 0.4) is 0 Å². The smallest absolute Gasteiger partial charge is 0.270 e. The Morgan fingerprint density at radius 3 is 2.57 bits per heavy atom. The lowest BCUT2D eigenvalue weighted by molar-refractivity contribution is -0.385. The zero-order valence-electron chi connectivity index (χ0n) is 18.8. The number of ether oxygens (including phenoxy) is 2. The van der Waals surface area contributed by atoms with Gasteiger partial charge in [0.25, 0.3) is 21.6 Å². The summed E-state index contributed by atoms with van der Waals surface area (Å²) >= 11 is 0. The second-order valence-electron chi connectivity index (χ2n) is 7.67. The van der Waals surface area contributed by atoms with Crippen LogP contribution in [-0.4, -0.2) is 43.9 Å². The summed E-state index contributed by atoms with van der Waals surface area (Å²) in [6.45, 7) is 3.26. The molecule has 0 saturated carbocycles. The average Bonchev–Trinajstić information content (AvgIpc) is 2.87. The molecule has 1 N–H and O–H groups in total. The van der Waals surface area contributed by atoms with Gasteiger partial charge in [-0.05, 0) is 31.2 Å². The minimum absolute atomic E-state index is 0.0668. The molecule has 4 rings (SSSR count). The summed E-state index contributed by atoms with van der Waals surface area (Å²) in [5, 5.41) is 11.1. The van der Waals surface area contributed by atoms with Crippen LogP contribution in [0.5, 0.6) is 11.5 Å². The Hall–Kier alpha value is -4.12. The lowest BCUT2D eigenvalue weighted by Crippen LogP contribution is -2.31. The quantitative estimate of drug-likeness (QED) is 0.370. The van der Waals surface area contributed by atoms with E-state index in [4.69, 9.17) is 9.47 Å². The maximum atomic E-state index is 13.5. The van der Waals surface area contributed by atoms with Gasteiger partial charge in [-0.25, -0.2) is 8.42 Å². The van der Waals surface area contributed by atoms with Crippen molar-refractivity contribution in [2.24, 2.45) is 0 Å². The van der Waals surface area contributed by atoms with Gasteiger partial charge in [0.05, 0.1) is 21.1 Å². The summed E-state index contributed by atoms with van der Waals surface area (Å²) in [6, 6.07) is 16.4. The van der Waals surface area contributed by atoms with Gasteiger partial charge in [-0.1, -0.05) is 30.3 Å². The van der Waals surface area contributed by atoms with Crippen molar-refractivity contribution >= 4 is 27.3 Å². The standard InChI is InChI=1S/C24H23N3O7S/c1-2-26(16-17-7-5-12-22-23(17)34-14-13-33-22)24(28)20-10-3-4-11-21(20)25-35(31,32)19-9-6-8-18(15-19)27(29)30/h3-12,15,25H,2,13-14,16H2,1H3. The molecule has 11 heteroatoms. The lowest BCUT2D eigenvalue weighted by Gasteiger charge is -2.26. The largest absolute Gasteiger partial charge is 0.486 e. The predicted octanol–water partition coefficient (Wildman–Crippen LogP) is 3.83. The van der Waals surface area contributed by atoms with Gasteiger partial charge in [0.15, 0.2) is 11.5 Å². The molecule has 0 aliphatic carbocycles. The first-order valence-corrected chi connectivity index (χ1v) is 12.3. The zero-order chi connectivity index (χ0) is 25.0. The molecule has 3 aromatic carbocycles. The van der Waals surface area contributed by atoms with Crippen molar-refractivity contribution in [2.75, 3.05) is 24.5 Å². The number of hydrogen-bond donors (Lipinski definition) is 1. The number of nitro groups is 1. The molecule has 0 atom stereocenters. The van der Waals surface area contributed by atoms with Crippen molar-refractivity contribution in [1.29, 1.82) is 0 Å². The van der Waals surface area contributed by atoms with Crippen LogP contribution in [0.1, 0.15) is 22.8 Å². The van der Waals surface area contributed by atoms with E-state index in [2.05, 4.69) is 4.72 Å². The molecule has 35 heavy (non-hydrogen) atoms. The monoisotopic (exact) mass is 497 g/mol. The number of non-ortho nitro benzene ring substituents is 1. The maximum Gasteiger partial charge on any atom is 0.270 e. The molecule has 182 valence electrons. The third kappa shape index (κ3) is 5.19. The number of nitro benzene ring substituents is 1. The molecule has 1 heterocycles. The molecule has 1 aliphatic heterocycles. The zero-order valence-corrected chi connectivity index (χ0v) is 19.7. The number of carbonyl (C=O) groups is 1. The molecule has 0 aromatic heterocycles. The molecule has 10 nitrogen and oxygen atoms in total. The van der Waals surface area contributed by atoms with Gasteiger partial charge in [-0.3, -0.25) is 19.6 Å². The van der Waals surface area contributed by atoms with Crippen molar-refractivity contribution in [3.8, 4) is 11.5 Å². The number of amides is 1. The highest BCUT2D eigenvalue weighted by Crippen LogP contribution is 2.34. The van der Waals surface area contributed by atoms with Gasteiger partial charge in [-0.2, -0.15) is 0 Å². The number of nitrogens with one attached hydrogen (secondary N) is 1. The molecule has 0 fully saturated rings. The summed E-state index contributed by atoms with van der Waals surface area (Å²) < 4.78 is 39.7. The number of carbonyl (C=O) groups excluding carboxylic acids is 1. The third-order valence-electron chi connectivity index (χ3n) is 5.42. The maximum absolute atomic E-state index is 13.5. The molecular formula is C24H23N3O7S. The Kier molecular flexibility index (Phi) is 6.87. The first-order chi connectivity index (χ1) is 16.8. The molecule has 0 unspecified atom stereocenters. The first kappa shape index (κ1) is 24.0. The van der Waals surface area contributed by atoms with E-state index in [-0.39, 0.29) is 34.3 Å². The molecule has 0 spiro atoms. The number of anilines is 1. The van der Waals surface area contributed by atoms with Crippen LogP contribution in [0.15, 0.2) is 71.6 Å². The number of fused-ring (bicyclic) bond motifs is 1. The van der Waals surface area contributed by atoms with E-state index in [1.54, 1.807) is 23.1 Å². The second kappa shape index (κ2) is 10.0. The van der Waals surface area contributed by atoms with Crippen molar-refractivity contribution in [3.05, 3.63) is 88.0 Å². The van der Waals surface area contributed by atoms with Crippen LogP contribution in [0.2, 0.25) is 0 Å². The van der Waals surface area contributed by atoms with E-state index >= 15 is 0 Å². The Morgan fingerprint density at radius 2 is 1.80 bits per heavy atom. The topological polar surface area (TPSA) is 128 Å². The van der Waals surface area contributed by atoms with Gasteiger partial charge in [0.2, 0.25) is 0 Å². The fraction of sp³-hybridized carbons (Fsp3) is 0.208. The predicted molar refractivity (Wildman–Crippen MR) is 128 cm³/mol. The minimum atomic E-state index is -4.19. The van der Waals surface area contributed by atoms with Crippen LogP contribution in [-0.2, 0) is 16.6 Å². The van der Waals surface area contributed by atoms with Gasteiger partial charge >= 0.3 is 0 Å². The molecule has 0 saturated heterocycles. The van der Waals surface area contributed by atoms with Gasteiger partial charge in [-0.15, -0.1) is 0 Å². The number of hydrogen-bond acceptors (Lipinski definition) is 7. The number of sulfonamides is 1. The van der Waals surface area contributed by atoms with E-state index in [0.29, 0.717) is 31.3 Å². The SMILES string of the molecule is CCN(Cc1cccc2c1OCCO2)C(=O)c1ccccc1NS(=O)(=O)c1cccc([N+](=O)[O-])c1. The van der Waals surface area contributed by atoms with Crippen LogP contribution >= 0.6 is 0 Å². The van der Waals surface area contributed by atoms with Crippen molar-refractivity contribution in [3.63, 3.8) is 0 Å². The average molecular weight is 498 g/mol. The van der Waals surface area contributed by atoms with Crippen molar-refractivity contribution in [1.82, 2.24) is 4.90 Å². The molecule has 0 bridgehead atoms. The number of nitrogens with zero attached hydrogens (tertiary/aromatic N) is 2. The van der Waals surface area contributed by atoms with Crippen LogP contribution in [0, 0.1) is 10.1 Å². The fourth-order valence-corrected chi connectivity index (χ4v) is 4.81. The summed E-state index contributed by atoms with van der Waals surface area (Å²) in [5.41, 5.74) is 0.626. The molecular weight excluding hydrogens is 474 g/mol. The summed E-state index contributed by atoms with van der Waals surface area (Å²) in [6.07, 6.45) is 0. The van der Waals surface area contributed by atoms with E-state index in [0.717, 1.165) is 11.6 Å². The van der Waals surface area contributed by atoms with Crippen molar-refractivity contribution in [2.45, 2.75) is 18.4 Å². The molecule has 1 aliphatic rings. The van der Waals surface area contributed by atoms with Gasteiger partial charge in [0.1, 0.15) is 13.2 Å². The van der Waals surface area contributed by atoms with E-state index in [1.165, 1.54) is 30.3 Å². The fourth-order valence-electron chi connectivity index (χ4n) is 3.69. The minimum Gasteiger partial charge on any atom is -0.486 e. The van der Waals surface area contributed by atoms with Crippen LogP contribution in [0.4, 0.5) is 11.4 Å². The Labute approximate surface area is 202 Å². The summed E-state index contributed by atoms with van der Waals surface area (Å²) in [7, 11) is -4.19. The van der Waals surface area contributed by atoms with E-state index in [1.807, 2.05) is 19.1 Å². The normalized spacial score (nSPS) is 12.6. The lowest BCUT2D eigenvalue weighted by atomic mass is 10.1. The van der Waals surface area contributed by atoms with Gasteiger partial charge < -0.3 is 14.4 Å². The Balaban J connectivity index is 1.61. The number of benzene rings is 3. The van der Waals surface area contributed by atoms with Crippen LogP contribution in [0.25, 0.3) is 0 Å². The van der Waals surface area contributed by atoms with Crippen LogP contribution < -0.4 is 14.2 Å². The number of rotatable bonds is 8. The third-order valence-corrected chi connectivity index (χ3v) is 6.78. The second-order valence-corrected chi connectivity index (χ2v) is 9.35. The highest BCUT2D eigenvalue weighted by Gasteiger charge is 2.24. The summed E-state index contributed by atoms with van der Waals surface area (Å²) in [5.74, 6) is 0.811.